The monoisotopic (exact) mass is 391 g/mol. The second kappa shape index (κ2) is 6.98. The predicted molar refractivity (Wildman–Crippen MR) is 90.6 cm³/mol. The molecular formula is C14H18ClN3O4S2. The van der Waals surface area contributed by atoms with Crippen molar-refractivity contribution < 1.29 is 16.8 Å². The van der Waals surface area contributed by atoms with Crippen LogP contribution in [0, 0.1) is 11.3 Å². The Hall–Kier alpha value is -1.18. The minimum absolute atomic E-state index is 0.0124. The highest BCUT2D eigenvalue weighted by Crippen LogP contribution is 2.26. The van der Waals surface area contributed by atoms with Crippen molar-refractivity contribution in [2.45, 2.75) is 23.8 Å². The van der Waals surface area contributed by atoms with Crippen LogP contribution in [0.3, 0.4) is 0 Å². The molecule has 10 heteroatoms. The van der Waals surface area contributed by atoms with Crippen molar-refractivity contribution in [1.82, 2.24) is 8.61 Å². The first-order chi connectivity index (χ1) is 11.1. The molecule has 0 aromatic heterocycles. The Morgan fingerprint density at radius 3 is 2.33 bits per heavy atom. The number of hydrogen-bond donors (Lipinski definition) is 0. The first-order valence-corrected chi connectivity index (χ1v) is 10.9. The van der Waals surface area contributed by atoms with Crippen molar-refractivity contribution in [1.29, 1.82) is 5.26 Å². The first-order valence-electron chi connectivity index (χ1n) is 7.20. The fourth-order valence-electron chi connectivity index (χ4n) is 2.62. The zero-order chi connectivity index (χ0) is 18.1. The first kappa shape index (κ1) is 19.1. The smallest absolute Gasteiger partial charge is 0.213 e. The Bertz CT molecular complexity index is 870. The van der Waals surface area contributed by atoms with Gasteiger partial charge < -0.3 is 0 Å². The number of piperidine rings is 1. The van der Waals surface area contributed by atoms with Gasteiger partial charge in [-0.15, -0.1) is 0 Å². The zero-order valence-corrected chi connectivity index (χ0v) is 15.7. The molecule has 0 saturated carbocycles. The van der Waals surface area contributed by atoms with Gasteiger partial charge in [0.25, 0.3) is 0 Å². The van der Waals surface area contributed by atoms with Crippen LogP contribution in [-0.2, 0) is 20.0 Å². The normalized spacial score (nSPS) is 17.8. The van der Waals surface area contributed by atoms with E-state index < -0.39 is 20.0 Å². The number of rotatable bonds is 4. The maximum atomic E-state index is 12.7. The number of benzene rings is 1. The summed E-state index contributed by atoms with van der Waals surface area (Å²) in [5.41, 5.74) is 0.101. The summed E-state index contributed by atoms with van der Waals surface area (Å²) in [4.78, 5) is 0.0124. The third-order valence-electron chi connectivity index (χ3n) is 4.16. The second-order valence-corrected chi connectivity index (χ2v) is 10.1. The molecule has 24 heavy (non-hydrogen) atoms. The zero-order valence-electron chi connectivity index (χ0n) is 13.3. The van der Waals surface area contributed by atoms with E-state index in [9.17, 15) is 16.8 Å². The third-order valence-corrected chi connectivity index (χ3v) is 7.73. The van der Waals surface area contributed by atoms with Crippen LogP contribution in [0.4, 0.5) is 0 Å². The fourth-order valence-corrected chi connectivity index (χ4v) is 5.03. The molecule has 1 heterocycles. The number of nitriles is 1. The van der Waals surface area contributed by atoms with Crippen LogP contribution >= 0.6 is 11.6 Å². The van der Waals surface area contributed by atoms with E-state index in [0.717, 1.165) is 6.26 Å². The Morgan fingerprint density at radius 2 is 1.83 bits per heavy atom. The van der Waals surface area contributed by atoms with Gasteiger partial charge in [0.05, 0.1) is 21.7 Å². The molecule has 0 aliphatic carbocycles. The highest BCUT2D eigenvalue weighted by Gasteiger charge is 2.33. The van der Waals surface area contributed by atoms with E-state index in [1.807, 2.05) is 6.07 Å². The maximum Gasteiger partial charge on any atom is 0.243 e. The molecule has 7 nitrogen and oxygen atoms in total. The van der Waals surface area contributed by atoms with Gasteiger partial charge in [0.15, 0.2) is 0 Å². The number of halogens is 1. The molecule has 0 spiro atoms. The van der Waals surface area contributed by atoms with Crippen LogP contribution in [-0.4, -0.2) is 57.9 Å². The van der Waals surface area contributed by atoms with Crippen LogP contribution in [0.25, 0.3) is 0 Å². The van der Waals surface area contributed by atoms with Crippen LogP contribution in [0.5, 0.6) is 0 Å². The van der Waals surface area contributed by atoms with E-state index in [-0.39, 0.29) is 34.6 Å². The van der Waals surface area contributed by atoms with Gasteiger partial charge in [-0.05, 0) is 31.0 Å². The van der Waals surface area contributed by atoms with Crippen molar-refractivity contribution >= 4 is 31.6 Å². The van der Waals surface area contributed by atoms with Gasteiger partial charge in [-0.3, -0.25) is 0 Å². The summed E-state index contributed by atoms with van der Waals surface area (Å²) < 4.78 is 51.1. The highest BCUT2D eigenvalue weighted by atomic mass is 35.5. The molecule has 1 aliphatic rings. The largest absolute Gasteiger partial charge is 0.243 e. The van der Waals surface area contributed by atoms with E-state index >= 15 is 0 Å². The molecule has 0 amide bonds. The van der Waals surface area contributed by atoms with E-state index in [0.29, 0.717) is 12.8 Å². The highest BCUT2D eigenvalue weighted by molar-refractivity contribution is 7.89. The molecule has 1 aliphatic heterocycles. The Morgan fingerprint density at radius 1 is 1.25 bits per heavy atom. The summed E-state index contributed by atoms with van der Waals surface area (Å²) in [6.07, 6.45) is 1.97. The molecule has 1 saturated heterocycles. The van der Waals surface area contributed by atoms with Gasteiger partial charge in [-0.2, -0.15) is 9.57 Å². The molecule has 132 valence electrons. The van der Waals surface area contributed by atoms with Gasteiger partial charge in [0.2, 0.25) is 20.0 Å². The molecular weight excluding hydrogens is 374 g/mol. The summed E-state index contributed by atoms with van der Waals surface area (Å²) in [5, 5.41) is 9.18. The summed E-state index contributed by atoms with van der Waals surface area (Å²) >= 11 is 5.84. The quantitative estimate of drug-likeness (QED) is 0.769. The third kappa shape index (κ3) is 3.90. The molecule has 1 aromatic rings. The molecule has 0 atom stereocenters. The molecule has 0 bridgehead atoms. The van der Waals surface area contributed by atoms with E-state index in [1.165, 1.54) is 33.9 Å². The topological polar surface area (TPSA) is 98.5 Å². The number of sulfonamides is 2. The van der Waals surface area contributed by atoms with Crippen LogP contribution in [0.15, 0.2) is 23.1 Å². The average Bonchev–Trinajstić information content (AvgIpc) is 2.53. The second-order valence-electron chi connectivity index (χ2n) is 5.67. The Labute approximate surface area is 147 Å². The van der Waals surface area contributed by atoms with Crippen molar-refractivity contribution in [2.75, 3.05) is 26.4 Å². The minimum Gasteiger partial charge on any atom is -0.213 e. The van der Waals surface area contributed by atoms with Gasteiger partial charge in [-0.25, -0.2) is 21.1 Å². The van der Waals surface area contributed by atoms with Crippen molar-refractivity contribution in [2.24, 2.45) is 0 Å². The van der Waals surface area contributed by atoms with E-state index in [1.54, 1.807) is 0 Å². The van der Waals surface area contributed by atoms with Gasteiger partial charge >= 0.3 is 0 Å². The number of hydrogen-bond acceptors (Lipinski definition) is 5. The van der Waals surface area contributed by atoms with Crippen molar-refractivity contribution in [3.8, 4) is 6.07 Å². The van der Waals surface area contributed by atoms with Gasteiger partial charge in [0, 0.05) is 26.2 Å². The molecule has 1 fully saturated rings. The number of nitrogens with zero attached hydrogens (tertiary/aromatic N) is 3. The maximum absolute atomic E-state index is 12.7. The van der Waals surface area contributed by atoms with Gasteiger partial charge in [-0.1, -0.05) is 11.6 Å². The lowest BCUT2D eigenvalue weighted by molar-refractivity contribution is 0.239. The Kier molecular flexibility index (Phi) is 5.57. The summed E-state index contributed by atoms with van der Waals surface area (Å²) in [5.74, 6) is 0. The van der Waals surface area contributed by atoms with E-state index in [2.05, 4.69) is 0 Å². The van der Waals surface area contributed by atoms with Gasteiger partial charge in [0.1, 0.15) is 6.07 Å². The van der Waals surface area contributed by atoms with Crippen molar-refractivity contribution in [3.63, 3.8) is 0 Å². The molecule has 1 aromatic carbocycles. The average molecular weight is 392 g/mol. The lowest BCUT2D eigenvalue weighted by atomic mass is 10.1. The molecule has 0 radical (unpaired) electrons. The molecule has 0 unspecified atom stereocenters. The van der Waals surface area contributed by atoms with Crippen LogP contribution in [0.2, 0.25) is 5.02 Å². The molecule has 2 rings (SSSR count). The minimum atomic E-state index is -3.74. The standard InChI is InChI=1S/C14H18ClN3O4S2/c1-17(23(2,19)20)12-5-7-18(8-6-12)24(21,22)13-3-4-14(15)11(9-13)10-16/h3-4,9,12H,5-8H2,1-2H3. The fraction of sp³-hybridized carbons (Fsp3) is 0.500. The van der Waals surface area contributed by atoms with Crippen LogP contribution in [0.1, 0.15) is 18.4 Å². The summed E-state index contributed by atoms with van der Waals surface area (Å²) in [6, 6.07) is 5.66. The summed E-state index contributed by atoms with van der Waals surface area (Å²) in [7, 11) is -5.54. The van der Waals surface area contributed by atoms with Crippen molar-refractivity contribution in [3.05, 3.63) is 28.8 Å². The van der Waals surface area contributed by atoms with Crippen LogP contribution < -0.4 is 0 Å². The predicted octanol–water partition coefficient (Wildman–Crippen LogP) is 1.26. The SMILES string of the molecule is CN(C1CCN(S(=O)(=O)c2ccc(Cl)c(C#N)c2)CC1)S(C)(=O)=O. The molecule has 0 N–H and O–H groups in total. The lowest BCUT2D eigenvalue weighted by Crippen LogP contribution is -2.46. The summed E-state index contributed by atoms with van der Waals surface area (Å²) in [6.45, 7) is 0.439. The Balaban J connectivity index is 2.18. The van der Waals surface area contributed by atoms with E-state index in [4.69, 9.17) is 16.9 Å². The lowest BCUT2D eigenvalue weighted by Gasteiger charge is -2.35.